The van der Waals surface area contributed by atoms with Crippen LogP contribution in [0.4, 0.5) is 24.5 Å². The molecule has 0 fully saturated rings. The number of rotatable bonds is 5. The topological polar surface area (TPSA) is 111 Å². The molecular formula is C23H20ClF3N4O6S. The Hall–Kier alpha value is -3.78. The second-order valence-electron chi connectivity index (χ2n) is 8.19. The number of carbonyl (C=O) groups is 1. The Morgan fingerprint density at radius 2 is 1.71 bits per heavy atom. The van der Waals surface area contributed by atoms with Crippen molar-refractivity contribution in [2.75, 3.05) is 29.3 Å². The van der Waals surface area contributed by atoms with Gasteiger partial charge in [0, 0.05) is 20.3 Å². The lowest BCUT2D eigenvalue weighted by Gasteiger charge is -2.17. The van der Waals surface area contributed by atoms with Crippen LogP contribution < -0.4 is 19.9 Å². The summed E-state index contributed by atoms with van der Waals surface area (Å²) >= 11 is 5.79. The quantitative estimate of drug-likeness (QED) is 0.435. The van der Waals surface area contributed by atoms with E-state index in [1.54, 1.807) is 0 Å². The number of hydrogen-bond donors (Lipinski definition) is 0. The first kappa shape index (κ1) is 27.3. The fraction of sp³-hybridized carbons (Fsp3) is 0.261. The van der Waals surface area contributed by atoms with E-state index in [4.69, 9.17) is 16.3 Å². The van der Waals surface area contributed by atoms with Crippen LogP contribution in [0.2, 0.25) is 5.02 Å². The van der Waals surface area contributed by atoms with Gasteiger partial charge in [0.25, 0.3) is 5.56 Å². The highest BCUT2D eigenvalue weighted by molar-refractivity contribution is 7.94. The van der Waals surface area contributed by atoms with Crippen LogP contribution in [0.3, 0.4) is 0 Å². The molecule has 38 heavy (non-hydrogen) atoms. The molecule has 1 aliphatic rings. The Kier molecular flexibility index (Phi) is 6.82. The lowest BCUT2D eigenvalue weighted by Crippen LogP contribution is -2.42. The van der Waals surface area contributed by atoms with E-state index in [1.807, 2.05) is 0 Å². The summed E-state index contributed by atoms with van der Waals surface area (Å²) in [5.74, 6) is -1.09. The van der Waals surface area contributed by atoms with Crippen LogP contribution in [0.15, 0.2) is 52.2 Å². The van der Waals surface area contributed by atoms with Gasteiger partial charge >= 0.3 is 28.0 Å². The minimum atomic E-state index is -4.89. The van der Waals surface area contributed by atoms with Crippen LogP contribution in [-0.4, -0.2) is 44.2 Å². The number of ether oxygens (including phenoxy) is 1. The van der Waals surface area contributed by atoms with Crippen molar-refractivity contribution in [1.29, 1.82) is 0 Å². The van der Waals surface area contributed by atoms with Crippen molar-refractivity contribution in [3.05, 3.63) is 85.1 Å². The maximum Gasteiger partial charge on any atom is 0.418 e. The highest BCUT2D eigenvalue weighted by Gasteiger charge is 2.37. The molecule has 0 unspecified atom stereocenters. The molecule has 3 aromatic rings. The van der Waals surface area contributed by atoms with E-state index in [0.717, 1.165) is 31.5 Å². The standard InChI is InChI=1S/C23H20ClF3N4O6S/c1-4-37-21(33)15-12-30(14-8-9-17-18(10-14)29(3)38(35,36)28(17)2)22(34)31(20(15)32)11-13-6-5-7-16(24)19(13)23(25,26)27/h5-10,12H,4,11H2,1-3H3. The molecule has 0 N–H and O–H groups in total. The number of aromatic nitrogens is 2. The fourth-order valence-corrected chi connectivity index (χ4v) is 5.54. The summed E-state index contributed by atoms with van der Waals surface area (Å²) in [5.41, 5.74) is -4.01. The molecule has 202 valence electrons. The number of alkyl halides is 3. The molecule has 4 rings (SSSR count). The average Bonchev–Trinajstić information content (AvgIpc) is 3.00. The molecule has 0 spiro atoms. The Bertz CT molecular complexity index is 1680. The first-order valence-corrected chi connectivity index (χ1v) is 12.7. The summed E-state index contributed by atoms with van der Waals surface area (Å²) < 4.78 is 74.4. The first-order valence-electron chi connectivity index (χ1n) is 11.0. The number of carbonyl (C=O) groups excluding carboxylic acids is 1. The van der Waals surface area contributed by atoms with Gasteiger partial charge in [0.15, 0.2) is 0 Å². The van der Waals surface area contributed by atoms with Gasteiger partial charge in [-0.1, -0.05) is 23.7 Å². The number of halogens is 4. The molecule has 0 amide bonds. The predicted molar refractivity (Wildman–Crippen MR) is 134 cm³/mol. The van der Waals surface area contributed by atoms with Gasteiger partial charge in [0.2, 0.25) is 0 Å². The molecule has 0 atom stereocenters. The Labute approximate surface area is 219 Å². The third-order valence-corrected chi connectivity index (χ3v) is 8.08. The van der Waals surface area contributed by atoms with E-state index < -0.39 is 61.9 Å². The van der Waals surface area contributed by atoms with Gasteiger partial charge < -0.3 is 4.74 Å². The Balaban J connectivity index is 1.97. The summed E-state index contributed by atoms with van der Waals surface area (Å²) in [7, 11) is -1.21. The van der Waals surface area contributed by atoms with Crippen LogP contribution in [-0.2, 0) is 27.7 Å². The van der Waals surface area contributed by atoms with Crippen molar-refractivity contribution in [2.24, 2.45) is 0 Å². The van der Waals surface area contributed by atoms with Crippen LogP contribution in [0, 0.1) is 0 Å². The van der Waals surface area contributed by atoms with Crippen molar-refractivity contribution in [3.8, 4) is 5.69 Å². The molecule has 2 aromatic carbocycles. The van der Waals surface area contributed by atoms with Crippen molar-refractivity contribution in [3.63, 3.8) is 0 Å². The monoisotopic (exact) mass is 572 g/mol. The summed E-state index contributed by atoms with van der Waals surface area (Å²) in [5, 5.41) is -0.628. The van der Waals surface area contributed by atoms with Crippen molar-refractivity contribution in [1.82, 2.24) is 9.13 Å². The fourth-order valence-electron chi connectivity index (χ4n) is 4.08. The van der Waals surface area contributed by atoms with E-state index in [-0.39, 0.29) is 18.0 Å². The van der Waals surface area contributed by atoms with Crippen molar-refractivity contribution < 1.29 is 31.1 Å². The number of benzene rings is 2. The maximum absolute atomic E-state index is 13.7. The van der Waals surface area contributed by atoms with Gasteiger partial charge in [-0.25, -0.2) is 9.59 Å². The number of fused-ring (bicyclic) bond motifs is 1. The molecule has 0 saturated heterocycles. The van der Waals surface area contributed by atoms with Gasteiger partial charge in [-0.15, -0.1) is 0 Å². The second kappa shape index (κ2) is 9.51. The summed E-state index contributed by atoms with van der Waals surface area (Å²) in [4.78, 5) is 39.2. The Morgan fingerprint density at radius 3 is 2.34 bits per heavy atom. The van der Waals surface area contributed by atoms with Crippen LogP contribution in [0.1, 0.15) is 28.4 Å². The third-order valence-electron chi connectivity index (χ3n) is 5.99. The normalized spacial score (nSPS) is 14.5. The largest absolute Gasteiger partial charge is 0.462 e. The highest BCUT2D eigenvalue weighted by Crippen LogP contribution is 2.40. The minimum Gasteiger partial charge on any atom is -0.462 e. The molecule has 0 saturated carbocycles. The lowest BCUT2D eigenvalue weighted by molar-refractivity contribution is -0.138. The van der Waals surface area contributed by atoms with Crippen molar-refractivity contribution >= 4 is 39.2 Å². The number of esters is 1. The molecule has 1 aromatic heterocycles. The molecule has 1 aliphatic heterocycles. The molecule has 0 aliphatic carbocycles. The minimum absolute atomic E-state index is 0.0486. The highest BCUT2D eigenvalue weighted by atomic mass is 35.5. The van der Waals surface area contributed by atoms with Gasteiger partial charge in [-0.05, 0) is 36.8 Å². The van der Waals surface area contributed by atoms with Gasteiger partial charge in [-0.2, -0.15) is 21.6 Å². The van der Waals surface area contributed by atoms with Gasteiger partial charge in [0.1, 0.15) is 5.56 Å². The molecule has 0 bridgehead atoms. The first-order chi connectivity index (χ1) is 17.7. The van der Waals surface area contributed by atoms with E-state index >= 15 is 0 Å². The number of nitrogens with zero attached hydrogens (tertiary/aromatic N) is 4. The zero-order chi connectivity index (χ0) is 28.2. The molecular weight excluding hydrogens is 553 g/mol. The van der Waals surface area contributed by atoms with Gasteiger partial charge in [-0.3, -0.25) is 22.5 Å². The predicted octanol–water partition coefficient (Wildman–Crippen LogP) is 3.03. The zero-order valence-corrected chi connectivity index (χ0v) is 21.7. The average molecular weight is 573 g/mol. The van der Waals surface area contributed by atoms with Crippen LogP contribution in [0.25, 0.3) is 5.69 Å². The molecule has 0 radical (unpaired) electrons. The number of anilines is 2. The molecule has 10 nitrogen and oxygen atoms in total. The summed E-state index contributed by atoms with van der Waals surface area (Å²) in [6, 6.07) is 7.44. The van der Waals surface area contributed by atoms with E-state index in [0.29, 0.717) is 10.3 Å². The summed E-state index contributed by atoms with van der Waals surface area (Å²) in [6.45, 7) is 0.515. The van der Waals surface area contributed by atoms with Crippen LogP contribution >= 0.6 is 11.6 Å². The SMILES string of the molecule is CCOC(=O)c1cn(-c2ccc3c(c2)N(C)S(=O)(=O)N3C)c(=O)n(Cc2cccc(Cl)c2C(F)(F)F)c1=O. The molecule has 2 heterocycles. The second-order valence-corrected chi connectivity index (χ2v) is 10.6. The van der Waals surface area contributed by atoms with E-state index in [2.05, 4.69) is 0 Å². The Morgan fingerprint density at radius 1 is 1.05 bits per heavy atom. The van der Waals surface area contributed by atoms with Crippen molar-refractivity contribution in [2.45, 2.75) is 19.6 Å². The lowest BCUT2D eigenvalue weighted by atomic mass is 10.1. The third kappa shape index (κ3) is 4.43. The maximum atomic E-state index is 13.7. The smallest absolute Gasteiger partial charge is 0.418 e. The molecule has 15 heteroatoms. The van der Waals surface area contributed by atoms with E-state index in [1.165, 1.54) is 45.3 Å². The van der Waals surface area contributed by atoms with E-state index in [9.17, 15) is 36.0 Å². The number of hydrogen-bond acceptors (Lipinski definition) is 6. The zero-order valence-electron chi connectivity index (χ0n) is 20.1. The van der Waals surface area contributed by atoms with Crippen LogP contribution in [0.5, 0.6) is 0 Å². The summed E-state index contributed by atoms with van der Waals surface area (Å²) in [6.07, 6.45) is -3.98. The van der Waals surface area contributed by atoms with Gasteiger partial charge in [0.05, 0.1) is 40.8 Å².